The first kappa shape index (κ1) is 18.0. The monoisotopic (exact) mass is 380 g/mol. The maximum atomic E-state index is 12.6. The molecule has 3 heterocycles. The molecule has 8 heteroatoms. The number of methoxy groups -OCH3 is 2. The fraction of sp³-hybridized carbons (Fsp3) is 0.300. The van der Waals surface area contributed by atoms with Crippen molar-refractivity contribution in [2.24, 2.45) is 0 Å². The van der Waals surface area contributed by atoms with Gasteiger partial charge in [-0.25, -0.2) is 0 Å². The summed E-state index contributed by atoms with van der Waals surface area (Å²) in [6, 6.07) is 9.16. The van der Waals surface area contributed by atoms with E-state index in [1.807, 2.05) is 18.2 Å². The van der Waals surface area contributed by atoms with E-state index in [0.29, 0.717) is 31.2 Å². The Morgan fingerprint density at radius 2 is 2.00 bits per heavy atom. The highest BCUT2D eigenvalue weighted by Gasteiger charge is 2.34. The van der Waals surface area contributed by atoms with Gasteiger partial charge in [-0.15, -0.1) is 0 Å². The van der Waals surface area contributed by atoms with Gasteiger partial charge < -0.3 is 18.9 Å². The predicted molar refractivity (Wildman–Crippen MR) is 99.9 cm³/mol. The van der Waals surface area contributed by atoms with Crippen LogP contribution in [0.1, 0.15) is 23.7 Å². The van der Waals surface area contributed by atoms with E-state index >= 15 is 0 Å². The predicted octanol–water partition coefficient (Wildman–Crippen LogP) is 2.66. The van der Waals surface area contributed by atoms with Crippen LogP contribution in [0.25, 0.3) is 11.5 Å². The Labute approximate surface area is 162 Å². The van der Waals surface area contributed by atoms with Crippen molar-refractivity contribution in [3.05, 3.63) is 54.1 Å². The molecule has 0 saturated carbocycles. The number of hydrogen-bond acceptors (Lipinski definition) is 7. The van der Waals surface area contributed by atoms with Crippen molar-refractivity contribution in [3.8, 4) is 23.0 Å². The summed E-state index contributed by atoms with van der Waals surface area (Å²) in [5.41, 5.74) is 1.69. The van der Waals surface area contributed by atoms with Crippen LogP contribution in [0.2, 0.25) is 0 Å². The van der Waals surface area contributed by atoms with E-state index < -0.39 is 0 Å². The van der Waals surface area contributed by atoms with Gasteiger partial charge in [-0.2, -0.15) is 4.98 Å². The van der Waals surface area contributed by atoms with Gasteiger partial charge in [0.25, 0.3) is 5.89 Å². The second-order valence-corrected chi connectivity index (χ2v) is 6.55. The minimum absolute atomic E-state index is 0.0464. The largest absolute Gasteiger partial charge is 0.497 e. The van der Waals surface area contributed by atoms with Gasteiger partial charge in [-0.05, 0) is 30.3 Å². The maximum Gasteiger partial charge on any atom is 0.258 e. The van der Waals surface area contributed by atoms with Crippen LogP contribution in [0.15, 0.2) is 47.2 Å². The Kier molecular flexibility index (Phi) is 4.92. The normalized spacial score (nSPS) is 16.4. The molecule has 8 nitrogen and oxygen atoms in total. The molecule has 1 aliphatic rings. The number of amides is 1. The number of ether oxygens (including phenoxy) is 2. The summed E-state index contributed by atoms with van der Waals surface area (Å²) in [6.45, 7) is 0.958. The topological polar surface area (TPSA) is 90.6 Å². The third kappa shape index (κ3) is 3.53. The van der Waals surface area contributed by atoms with Gasteiger partial charge in [0, 0.05) is 48.9 Å². The lowest BCUT2D eigenvalue weighted by Crippen LogP contribution is -2.24. The molecule has 1 aliphatic heterocycles. The van der Waals surface area contributed by atoms with E-state index in [2.05, 4.69) is 15.1 Å². The summed E-state index contributed by atoms with van der Waals surface area (Å²) >= 11 is 0. The van der Waals surface area contributed by atoms with Gasteiger partial charge >= 0.3 is 0 Å². The summed E-state index contributed by atoms with van der Waals surface area (Å²) in [4.78, 5) is 22.8. The van der Waals surface area contributed by atoms with E-state index in [0.717, 1.165) is 22.6 Å². The van der Waals surface area contributed by atoms with Gasteiger partial charge in [0.2, 0.25) is 5.91 Å². The highest BCUT2D eigenvalue weighted by atomic mass is 16.5. The number of nitrogens with zero attached hydrogens (tertiary/aromatic N) is 4. The number of likely N-dealkylation sites (tertiary alicyclic amines) is 1. The van der Waals surface area contributed by atoms with Crippen molar-refractivity contribution >= 4 is 5.91 Å². The zero-order chi connectivity index (χ0) is 19.5. The molecule has 3 aromatic rings. The molecule has 1 saturated heterocycles. The Bertz CT molecular complexity index is 973. The summed E-state index contributed by atoms with van der Waals surface area (Å²) in [6.07, 6.45) is 3.69. The molecule has 1 atom stereocenters. The van der Waals surface area contributed by atoms with E-state index in [1.54, 1.807) is 43.6 Å². The molecule has 0 N–H and O–H groups in total. The first-order valence-electron chi connectivity index (χ1n) is 8.90. The van der Waals surface area contributed by atoms with E-state index in [1.165, 1.54) is 0 Å². The van der Waals surface area contributed by atoms with Crippen molar-refractivity contribution in [2.45, 2.75) is 18.9 Å². The van der Waals surface area contributed by atoms with Crippen LogP contribution in [0, 0.1) is 0 Å². The Morgan fingerprint density at radius 1 is 1.18 bits per heavy atom. The first-order chi connectivity index (χ1) is 13.7. The minimum Gasteiger partial charge on any atom is -0.497 e. The van der Waals surface area contributed by atoms with Crippen LogP contribution in [0.5, 0.6) is 11.5 Å². The van der Waals surface area contributed by atoms with Gasteiger partial charge in [0.15, 0.2) is 5.82 Å². The molecule has 144 valence electrons. The minimum atomic E-state index is -0.108. The number of benzene rings is 1. The molecular formula is C20H20N4O4. The number of rotatable bonds is 6. The average Bonchev–Trinajstić information content (AvgIpc) is 3.36. The third-order valence-electron chi connectivity index (χ3n) is 4.80. The molecular weight excluding hydrogens is 360 g/mol. The zero-order valence-electron chi connectivity index (χ0n) is 15.7. The van der Waals surface area contributed by atoms with Crippen molar-refractivity contribution in [1.82, 2.24) is 20.0 Å². The molecule has 0 radical (unpaired) electrons. The second-order valence-electron chi connectivity index (χ2n) is 6.55. The lowest BCUT2D eigenvalue weighted by atomic mass is 10.1. The van der Waals surface area contributed by atoms with Gasteiger partial charge in [0.05, 0.1) is 14.2 Å². The van der Waals surface area contributed by atoms with E-state index in [-0.39, 0.29) is 11.8 Å². The van der Waals surface area contributed by atoms with Gasteiger partial charge in [-0.3, -0.25) is 9.78 Å². The molecule has 2 aromatic heterocycles. The van der Waals surface area contributed by atoms with Gasteiger partial charge in [0.1, 0.15) is 11.5 Å². The van der Waals surface area contributed by atoms with Crippen LogP contribution in [-0.4, -0.2) is 46.7 Å². The van der Waals surface area contributed by atoms with Crippen LogP contribution >= 0.6 is 0 Å². The quantitative estimate of drug-likeness (QED) is 0.649. The first-order valence-corrected chi connectivity index (χ1v) is 8.90. The van der Waals surface area contributed by atoms with Crippen LogP contribution in [-0.2, 0) is 11.3 Å². The summed E-state index contributed by atoms with van der Waals surface area (Å²) in [5, 5.41) is 4.08. The highest BCUT2D eigenvalue weighted by Crippen LogP contribution is 2.31. The Balaban J connectivity index is 1.50. The summed E-state index contributed by atoms with van der Waals surface area (Å²) in [5.74, 6) is 2.35. The summed E-state index contributed by atoms with van der Waals surface area (Å²) in [7, 11) is 3.22. The van der Waals surface area contributed by atoms with E-state index in [9.17, 15) is 4.79 Å². The van der Waals surface area contributed by atoms with Crippen molar-refractivity contribution < 1.29 is 18.8 Å². The molecule has 0 bridgehead atoms. The fourth-order valence-electron chi connectivity index (χ4n) is 3.32. The number of pyridine rings is 1. The lowest BCUT2D eigenvalue weighted by Gasteiger charge is -2.18. The van der Waals surface area contributed by atoms with Crippen LogP contribution in [0.4, 0.5) is 0 Å². The molecule has 0 spiro atoms. The zero-order valence-corrected chi connectivity index (χ0v) is 15.7. The lowest BCUT2D eigenvalue weighted by molar-refractivity contribution is -0.128. The second kappa shape index (κ2) is 7.67. The fourth-order valence-corrected chi connectivity index (χ4v) is 3.32. The molecule has 1 amide bonds. The Morgan fingerprint density at radius 3 is 2.75 bits per heavy atom. The molecule has 0 aliphatic carbocycles. The van der Waals surface area contributed by atoms with Gasteiger partial charge in [-0.1, -0.05) is 5.16 Å². The SMILES string of the molecule is COc1ccc(OC)c(CN2CC(c3noc(-c4ccncc4)n3)CC2=O)c1. The van der Waals surface area contributed by atoms with Crippen molar-refractivity contribution in [3.63, 3.8) is 0 Å². The average molecular weight is 380 g/mol. The molecule has 1 fully saturated rings. The standard InChI is InChI=1S/C20H20N4O4/c1-26-16-3-4-17(27-2)14(9-16)11-24-12-15(10-18(24)25)19-22-20(28-23-19)13-5-7-21-8-6-13/h3-9,15H,10-12H2,1-2H3. The molecule has 28 heavy (non-hydrogen) atoms. The highest BCUT2D eigenvalue weighted by molar-refractivity contribution is 5.79. The van der Waals surface area contributed by atoms with Crippen molar-refractivity contribution in [2.75, 3.05) is 20.8 Å². The molecule has 4 rings (SSSR count). The number of hydrogen-bond donors (Lipinski definition) is 0. The number of carbonyl (C=O) groups is 1. The summed E-state index contributed by atoms with van der Waals surface area (Å²) < 4.78 is 16.1. The number of carbonyl (C=O) groups excluding carboxylic acids is 1. The van der Waals surface area contributed by atoms with Crippen LogP contribution < -0.4 is 9.47 Å². The molecule has 1 unspecified atom stereocenters. The number of aromatic nitrogens is 3. The third-order valence-corrected chi connectivity index (χ3v) is 4.80. The van der Waals surface area contributed by atoms with E-state index in [4.69, 9.17) is 14.0 Å². The molecule has 1 aromatic carbocycles. The van der Waals surface area contributed by atoms with Crippen LogP contribution in [0.3, 0.4) is 0 Å². The Hall–Kier alpha value is -3.42. The maximum absolute atomic E-state index is 12.6. The smallest absolute Gasteiger partial charge is 0.258 e. The van der Waals surface area contributed by atoms with Crippen molar-refractivity contribution in [1.29, 1.82) is 0 Å².